The molecule has 0 radical (unpaired) electrons. The zero-order valence-corrected chi connectivity index (χ0v) is 14.4. The Hall–Kier alpha value is -3.19. The van der Waals surface area contributed by atoms with Gasteiger partial charge in [0.15, 0.2) is 0 Å². The van der Waals surface area contributed by atoms with Gasteiger partial charge in [-0.25, -0.2) is 4.98 Å². The Kier molecular flexibility index (Phi) is 5.60. The van der Waals surface area contributed by atoms with Gasteiger partial charge in [0.05, 0.1) is 11.3 Å². The van der Waals surface area contributed by atoms with E-state index in [-0.39, 0.29) is 0 Å². The van der Waals surface area contributed by atoms with Crippen molar-refractivity contribution in [3.8, 4) is 11.6 Å². The number of carbonyl (C=O) groups is 1. The molecule has 134 valence electrons. The van der Waals surface area contributed by atoms with E-state index in [1.165, 1.54) is 11.8 Å². The van der Waals surface area contributed by atoms with Crippen LogP contribution in [-0.4, -0.2) is 22.6 Å². The number of hydrogen-bond donors (Lipinski definition) is 2. The molecule has 0 aliphatic carbocycles. The molecule has 0 saturated heterocycles. The van der Waals surface area contributed by atoms with Crippen LogP contribution in [0.5, 0.6) is 11.6 Å². The lowest BCUT2D eigenvalue weighted by atomic mass is 10.1. The van der Waals surface area contributed by atoms with E-state index < -0.39 is 5.91 Å². The molecule has 0 fully saturated rings. The van der Waals surface area contributed by atoms with Gasteiger partial charge in [-0.15, -0.1) is 0 Å². The molecule has 1 aromatic carbocycles. The number of nitrogens with one attached hydrogen (secondary N) is 1. The third-order valence-electron chi connectivity index (χ3n) is 3.74. The number of rotatable bonds is 8. The summed E-state index contributed by atoms with van der Waals surface area (Å²) in [6.07, 6.45) is 2.29. The topological polar surface area (TPSA) is 103 Å². The fourth-order valence-electron chi connectivity index (χ4n) is 2.38. The number of aryl methyl sites for hydroxylation is 1. The molecule has 2 heterocycles. The lowest BCUT2D eigenvalue weighted by molar-refractivity contribution is 0.1000. The van der Waals surface area contributed by atoms with Crippen molar-refractivity contribution in [2.45, 2.75) is 19.9 Å². The molecule has 0 bridgehead atoms. The Labute approximate surface area is 151 Å². The number of ether oxygens (including phenoxy) is 1. The van der Waals surface area contributed by atoms with Gasteiger partial charge in [0, 0.05) is 24.9 Å². The number of benzene rings is 1. The predicted molar refractivity (Wildman–Crippen MR) is 95.9 cm³/mol. The van der Waals surface area contributed by atoms with Crippen molar-refractivity contribution in [1.29, 1.82) is 0 Å². The number of amides is 1. The first-order valence-electron chi connectivity index (χ1n) is 8.26. The highest BCUT2D eigenvalue weighted by molar-refractivity contribution is 5.92. The van der Waals surface area contributed by atoms with Crippen LogP contribution in [0.2, 0.25) is 0 Å². The molecule has 7 heteroatoms. The van der Waals surface area contributed by atoms with Gasteiger partial charge in [-0.2, -0.15) is 0 Å². The molecular weight excluding hydrogens is 332 g/mol. The zero-order chi connectivity index (χ0) is 18.4. The minimum atomic E-state index is -0.513. The van der Waals surface area contributed by atoms with Crippen LogP contribution < -0.4 is 15.8 Å². The number of nitrogens with zero attached hydrogens (tertiary/aromatic N) is 2. The summed E-state index contributed by atoms with van der Waals surface area (Å²) in [5, 5.41) is 7.27. The summed E-state index contributed by atoms with van der Waals surface area (Å²) >= 11 is 0. The normalized spacial score (nSPS) is 10.7. The highest BCUT2D eigenvalue weighted by Crippen LogP contribution is 2.20. The first-order valence-corrected chi connectivity index (χ1v) is 8.26. The molecule has 2 aromatic heterocycles. The number of hydrogen-bond acceptors (Lipinski definition) is 6. The van der Waals surface area contributed by atoms with E-state index >= 15 is 0 Å². The summed E-state index contributed by atoms with van der Waals surface area (Å²) in [7, 11) is 0. The summed E-state index contributed by atoms with van der Waals surface area (Å²) in [5.74, 6) is 1.39. The summed E-state index contributed by atoms with van der Waals surface area (Å²) in [6, 6.07) is 12.9. The van der Waals surface area contributed by atoms with Crippen LogP contribution in [0.3, 0.4) is 0 Å². The van der Waals surface area contributed by atoms with Gasteiger partial charge in [0.1, 0.15) is 11.5 Å². The second-order valence-corrected chi connectivity index (χ2v) is 5.85. The van der Waals surface area contributed by atoms with Crippen LogP contribution in [0.15, 0.2) is 53.2 Å². The standard InChI is InChI=1S/C19H20N4O3/c1-13-10-16(23-26-13)12-21-9-8-14-2-5-17(6-3-14)25-18-7-4-15(11-22-18)19(20)24/h2-7,10-11,21H,8-9,12H2,1H3,(H2,20,24). The number of nitrogens with two attached hydrogens (primary N) is 1. The van der Waals surface area contributed by atoms with Gasteiger partial charge in [-0.1, -0.05) is 17.3 Å². The van der Waals surface area contributed by atoms with Crippen LogP contribution >= 0.6 is 0 Å². The Bertz CT molecular complexity index is 857. The van der Waals surface area contributed by atoms with Gasteiger partial charge in [0.25, 0.3) is 0 Å². The summed E-state index contributed by atoms with van der Waals surface area (Å²) < 4.78 is 10.7. The van der Waals surface area contributed by atoms with Crippen LogP contribution in [0, 0.1) is 6.92 Å². The van der Waals surface area contributed by atoms with E-state index in [9.17, 15) is 4.79 Å². The Morgan fingerprint density at radius 2 is 2.04 bits per heavy atom. The molecule has 0 aliphatic heterocycles. The van der Waals surface area contributed by atoms with Gasteiger partial charge in [0.2, 0.25) is 11.8 Å². The van der Waals surface area contributed by atoms with Crippen LogP contribution in [-0.2, 0) is 13.0 Å². The molecule has 3 N–H and O–H groups in total. The van der Waals surface area contributed by atoms with E-state index in [0.717, 1.165) is 24.4 Å². The monoisotopic (exact) mass is 352 g/mol. The Morgan fingerprint density at radius 3 is 2.65 bits per heavy atom. The first kappa shape index (κ1) is 17.6. The molecule has 1 amide bonds. The fraction of sp³-hybridized carbons (Fsp3) is 0.211. The van der Waals surface area contributed by atoms with Gasteiger partial charge in [-0.05, 0) is 43.7 Å². The third-order valence-corrected chi connectivity index (χ3v) is 3.74. The molecule has 26 heavy (non-hydrogen) atoms. The van der Waals surface area contributed by atoms with Crippen LogP contribution in [0.4, 0.5) is 0 Å². The maximum atomic E-state index is 11.0. The van der Waals surface area contributed by atoms with Crippen molar-refractivity contribution in [3.05, 3.63) is 71.2 Å². The lowest BCUT2D eigenvalue weighted by Gasteiger charge is -2.07. The first-order chi connectivity index (χ1) is 12.6. The number of primary amides is 1. The largest absolute Gasteiger partial charge is 0.439 e. The minimum Gasteiger partial charge on any atom is -0.439 e. The van der Waals surface area contributed by atoms with E-state index in [1.54, 1.807) is 12.1 Å². The highest BCUT2D eigenvalue weighted by Gasteiger charge is 2.04. The van der Waals surface area contributed by atoms with Crippen molar-refractivity contribution in [3.63, 3.8) is 0 Å². The van der Waals surface area contributed by atoms with Crippen LogP contribution in [0.25, 0.3) is 0 Å². The van der Waals surface area contributed by atoms with E-state index in [4.69, 9.17) is 15.0 Å². The molecule has 0 spiro atoms. The summed E-state index contributed by atoms with van der Waals surface area (Å²) in [5.41, 5.74) is 7.63. The maximum Gasteiger partial charge on any atom is 0.250 e. The highest BCUT2D eigenvalue weighted by atomic mass is 16.5. The predicted octanol–water partition coefficient (Wildman–Crippen LogP) is 2.60. The van der Waals surface area contributed by atoms with Gasteiger partial charge >= 0.3 is 0 Å². The number of aromatic nitrogens is 2. The molecule has 3 rings (SSSR count). The average Bonchev–Trinajstić information content (AvgIpc) is 3.06. The van der Waals surface area contributed by atoms with Crippen molar-refractivity contribution in [1.82, 2.24) is 15.5 Å². The molecule has 0 saturated carbocycles. The van der Waals surface area contributed by atoms with Crippen molar-refractivity contribution < 1.29 is 14.1 Å². The summed E-state index contributed by atoms with van der Waals surface area (Å²) in [6.45, 7) is 3.40. The summed E-state index contributed by atoms with van der Waals surface area (Å²) in [4.78, 5) is 15.1. The van der Waals surface area contributed by atoms with Gasteiger partial charge < -0.3 is 20.3 Å². The van der Waals surface area contributed by atoms with Crippen molar-refractivity contribution >= 4 is 5.91 Å². The van der Waals surface area contributed by atoms with E-state index in [0.29, 0.717) is 23.7 Å². The number of carbonyl (C=O) groups excluding carboxylic acids is 1. The Balaban J connectivity index is 1.46. The molecular formula is C19H20N4O3. The minimum absolute atomic E-state index is 0.348. The van der Waals surface area contributed by atoms with E-state index in [2.05, 4.69) is 15.5 Å². The maximum absolute atomic E-state index is 11.0. The van der Waals surface area contributed by atoms with E-state index in [1.807, 2.05) is 37.3 Å². The molecule has 0 unspecified atom stereocenters. The smallest absolute Gasteiger partial charge is 0.250 e. The third kappa shape index (κ3) is 4.90. The second kappa shape index (κ2) is 8.26. The molecule has 7 nitrogen and oxygen atoms in total. The fourth-order valence-corrected chi connectivity index (χ4v) is 2.38. The molecule has 3 aromatic rings. The lowest BCUT2D eigenvalue weighted by Crippen LogP contribution is -2.16. The molecule has 0 atom stereocenters. The van der Waals surface area contributed by atoms with Crippen molar-refractivity contribution in [2.24, 2.45) is 5.73 Å². The number of pyridine rings is 1. The Morgan fingerprint density at radius 1 is 1.23 bits per heavy atom. The SMILES string of the molecule is Cc1cc(CNCCc2ccc(Oc3ccc(C(N)=O)cn3)cc2)no1. The quantitative estimate of drug-likeness (QED) is 0.604. The molecule has 0 aliphatic rings. The van der Waals surface area contributed by atoms with Crippen molar-refractivity contribution in [2.75, 3.05) is 6.54 Å². The van der Waals surface area contributed by atoms with Gasteiger partial charge in [-0.3, -0.25) is 4.79 Å². The zero-order valence-electron chi connectivity index (χ0n) is 14.4. The average molecular weight is 352 g/mol. The van der Waals surface area contributed by atoms with Crippen LogP contribution in [0.1, 0.15) is 27.4 Å². The second-order valence-electron chi connectivity index (χ2n) is 5.85.